The van der Waals surface area contributed by atoms with Crippen molar-refractivity contribution in [1.82, 2.24) is 7.96 Å². The Morgan fingerprint density at radius 1 is 1.26 bits per heavy atom. The SMILES string of the molecule is Cc1cc(C(C)Nc2cccc3n[se]nc23)c(C)o1. The number of furan rings is 1. The van der Waals surface area contributed by atoms with Gasteiger partial charge in [0.05, 0.1) is 0 Å². The molecule has 0 bridgehead atoms. The number of rotatable bonds is 3. The number of aromatic nitrogens is 2. The molecule has 0 amide bonds. The van der Waals surface area contributed by atoms with Gasteiger partial charge in [-0.25, -0.2) is 0 Å². The van der Waals surface area contributed by atoms with E-state index in [1.165, 1.54) is 5.56 Å². The van der Waals surface area contributed by atoms with Gasteiger partial charge in [0, 0.05) is 0 Å². The van der Waals surface area contributed by atoms with Crippen LogP contribution in [0.2, 0.25) is 0 Å². The average molecular weight is 320 g/mol. The van der Waals surface area contributed by atoms with Crippen LogP contribution in [0.1, 0.15) is 30.0 Å². The van der Waals surface area contributed by atoms with Gasteiger partial charge in [0.1, 0.15) is 0 Å². The van der Waals surface area contributed by atoms with Crippen molar-refractivity contribution in [3.05, 3.63) is 41.3 Å². The number of fused-ring (bicyclic) bond motifs is 1. The minimum atomic E-state index is 0.00546. The van der Waals surface area contributed by atoms with Crippen LogP contribution in [0.3, 0.4) is 0 Å². The van der Waals surface area contributed by atoms with Crippen LogP contribution in [0, 0.1) is 13.8 Å². The number of nitrogens with zero attached hydrogens (tertiary/aromatic N) is 2. The van der Waals surface area contributed by atoms with Crippen molar-refractivity contribution in [3.8, 4) is 0 Å². The van der Waals surface area contributed by atoms with Crippen LogP contribution in [0.4, 0.5) is 5.69 Å². The summed E-state index contributed by atoms with van der Waals surface area (Å²) >= 11 is 0.00546. The quantitative estimate of drug-likeness (QED) is 0.754. The Hall–Kier alpha value is -1.58. The van der Waals surface area contributed by atoms with Crippen LogP contribution in [-0.4, -0.2) is 22.9 Å². The third-order valence-corrected chi connectivity index (χ3v) is 4.34. The molecule has 0 fully saturated rings. The fraction of sp³-hybridized carbons (Fsp3) is 0.286. The second-order valence-corrected chi connectivity index (χ2v) is 5.78. The maximum atomic E-state index is 5.59. The first-order valence-electron chi connectivity index (χ1n) is 6.20. The number of anilines is 1. The normalized spacial score (nSPS) is 12.8. The van der Waals surface area contributed by atoms with Crippen molar-refractivity contribution >= 4 is 31.7 Å². The van der Waals surface area contributed by atoms with Gasteiger partial charge in [-0.3, -0.25) is 0 Å². The Morgan fingerprint density at radius 2 is 2.11 bits per heavy atom. The molecule has 3 rings (SSSR count). The van der Waals surface area contributed by atoms with Crippen molar-refractivity contribution in [1.29, 1.82) is 0 Å². The topological polar surface area (TPSA) is 51.0 Å². The van der Waals surface area contributed by atoms with Gasteiger partial charge in [0.15, 0.2) is 0 Å². The second-order valence-electron chi connectivity index (χ2n) is 4.67. The Kier molecular flexibility index (Phi) is 3.17. The maximum absolute atomic E-state index is 5.59. The van der Waals surface area contributed by atoms with Gasteiger partial charge in [-0.15, -0.1) is 0 Å². The first-order valence-corrected chi connectivity index (χ1v) is 7.73. The van der Waals surface area contributed by atoms with Gasteiger partial charge in [-0.05, 0) is 0 Å². The molecule has 0 aliphatic rings. The first kappa shape index (κ1) is 12.5. The van der Waals surface area contributed by atoms with E-state index in [-0.39, 0.29) is 21.0 Å². The third-order valence-electron chi connectivity index (χ3n) is 3.20. The van der Waals surface area contributed by atoms with Crippen molar-refractivity contribution in [2.75, 3.05) is 5.32 Å². The molecule has 1 aromatic carbocycles. The van der Waals surface area contributed by atoms with Crippen molar-refractivity contribution in [3.63, 3.8) is 0 Å². The van der Waals surface area contributed by atoms with Gasteiger partial charge in [0.25, 0.3) is 0 Å². The van der Waals surface area contributed by atoms with Gasteiger partial charge >= 0.3 is 118 Å². The summed E-state index contributed by atoms with van der Waals surface area (Å²) in [6.07, 6.45) is 0. The van der Waals surface area contributed by atoms with Crippen LogP contribution >= 0.6 is 0 Å². The molecular formula is C14H15N3OSe. The van der Waals surface area contributed by atoms with Crippen LogP contribution in [0.15, 0.2) is 28.7 Å². The summed E-state index contributed by atoms with van der Waals surface area (Å²) in [7, 11) is 0. The molecule has 0 saturated carbocycles. The third kappa shape index (κ3) is 2.31. The molecule has 0 aliphatic heterocycles. The molecule has 0 radical (unpaired) electrons. The number of hydrogen-bond acceptors (Lipinski definition) is 4. The molecule has 1 N–H and O–H groups in total. The Balaban J connectivity index is 1.92. The van der Waals surface area contributed by atoms with E-state index in [9.17, 15) is 0 Å². The zero-order valence-electron chi connectivity index (χ0n) is 11.1. The van der Waals surface area contributed by atoms with Crippen LogP contribution in [0.5, 0.6) is 0 Å². The van der Waals surface area contributed by atoms with E-state index in [2.05, 4.69) is 32.3 Å². The van der Waals surface area contributed by atoms with E-state index in [1.807, 2.05) is 26.0 Å². The molecule has 2 aromatic heterocycles. The van der Waals surface area contributed by atoms with Crippen LogP contribution in [0.25, 0.3) is 11.0 Å². The molecule has 19 heavy (non-hydrogen) atoms. The number of hydrogen-bond donors (Lipinski definition) is 1. The number of aryl methyl sites for hydroxylation is 2. The van der Waals surface area contributed by atoms with E-state index in [1.54, 1.807) is 0 Å². The summed E-state index contributed by atoms with van der Waals surface area (Å²) in [5.74, 6) is 1.92. The van der Waals surface area contributed by atoms with Gasteiger partial charge in [-0.1, -0.05) is 0 Å². The summed E-state index contributed by atoms with van der Waals surface area (Å²) in [5.41, 5.74) is 4.23. The number of nitrogens with one attached hydrogen (secondary N) is 1. The molecule has 3 aromatic rings. The fourth-order valence-corrected chi connectivity index (χ4v) is 3.47. The molecule has 5 heteroatoms. The summed E-state index contributed by atoms with van der Waals surface area (Å²) in [5, 5.41) is 3.51. The van der Waals surface area contributed by atoms with E-state index in [4.69, 9.17) is 4.42 Å². The summed E-state index contributed by atoms with van der Waals surface area (Å²) in [4.78, 5) is 0. The van der Waals surface area contributed by atoms with Crippen LogP contribution < -0.4 is 5.32 Å². The van der Waals surface area contributed by atoms with E-state index in [0.717, 1.165) is 28.2 Å². The van der Waals surface area contributed by atoms with Gasteiger partial charge in [-0.2, -0.15) is 0 Å². The standard InChI is InChI=1S/C14H15N3OSe/c1-8-7-11(10(3)18-8)9(2)15-12-5-4-6-13-14(12)17-19-16-13/h4-7,9,15H,1-3H3. The van der Waals surface area contributed by atoms with E-state index < -0.39 is 0 Å². The summed E-state index contributed by atoms with van der Waals surface area (Å²) in [6, 6.07) is 8.35. The van der Waals surface area contributed by atoms with Crippen molar-refractivity contribution < 1.29 is 4.42 Å². The molecule has 0 spiro atoms. The predicted octanol–water partition coefficient (Wildman–Crippen LogP) is 3.07. The molecule has 1 unspecified atom stereocenters. The Morgan fingerprint density at radius 3 is 2.84 bits per heavy atom. The second kappa shape index (κ2) is 4.83. The van der Waals surface area contributed by atoms with Crippen molar-refractivity contribution in [2.45, 2.75) is 26.8 Å². The monoisotopic (exact) mass is 321 g/mol. The average Bonchev–Trinajstić information content (AvgIpc) is 2.96. The fourth-order valence-electron chi connectivity index (χ4n) is 2.31. The van der Waals surface area contributed by atoms with Crippen LogP contribution in [-0.2, 0) is 0 Å². The molecule has 0 saturated heterocycles. The minimum absolute atomic E-state index is 0.00546. The zero-order chi connectivity index (χ0) is 13.4. The van der Waals surface area contributed by atoms with E-state index in [0.29, 0.717) is 0 Å². The molecule has 0 aliphatic carbocycles. The molecule has 1 atom stereocenters. The van der Waals surface area contributed by atoms with Gasteiger partial charge in [0.2, 0.25) is 0 Å². The predicted molar refractivity (Wildman–Crippen MR) is 76.7 cm³/mol. The number of benzene rings is 1. The Bertz CT molecular complexity index is 716. The zero-order valence-corrected chi connectivity index (χ0v) is 12.8. The Labute approximate surface area is 118 Å². The van der Waals surface area contributed by atoms with Gasteiger partial charge < -0.3 is 0 Å². The summed E-state index contributed by atoms with van der Waals surface area (Å²) in [6.45, 7) is 6.10. The summed E-state index contributed by atoms with van der Waals surface area (Å²) < 4.78 is 14.5. The molecular weight excluding hydrogens is 305 g/mol. The van der Waals surface area contributed by atoms with E-state index >= 15 is 0 Å². The molecule has 4 nitrogen and oxygen atoms in total. The first-order chi connectivity index (χ1) is 9.15. The van der Waals surface area contributed by atoms with Crippen molar-refractivity contribution in [2.24, 2.45) is 0 Å². The molecule has 2 heterocycles. The molecule has 98 valence electrons.